The summed E-state index contributed by atoms with van der Waals surface area (Å²) < 4.78 is 41.2. The quantitative estimate of drug-likeness (QED) is 0.738. The topological polar surface area (TPSA) is 72.2 Å². The van der Waals surface area contributed by atoms with Gasteiger partial charge in [-0.25, -0.2) is 12.8 Å². The summed E-state index contributed by atoms with van der Waals surface area (Å²) in [5, 5.41) is 0. The van der Waals surface area contributed by atoms with Crippen LogP contribution in [-0.4, -0.2) is 8.42 Å². The van der Waals surface area contributed by atoms with Gasteiger partial charge in [0.25, 0.3) is 10.0 Å². The summed E-state index contributed by atoms with van der Waals surface area (Å²) in [7, 11) is -3.93. The zero-order chi connectivity index (χ0) is 14.9. The highest BCUT2D eigenvalue weighted by molar-refractivity contribution is 9.10. The largest absolute Gasteiger partial charge is 0.399 e. The Hall–Kier alpha value is -1.12. The normalized spacial score (nSPS) is 11.3. The molecule has 4 nitrogen and oxygen atoms in total. The standard InChI is InChI=1S/C12H9Br2FN2O2S/c13-7-1-4-11(10(15)5-7)17-20(18,19)12-6-8(16)2-3-9(12)14/h1-6,17H,16H2. The highest BCUT2D eigenvalue weighted by Gasteiger charge is 2.19. The van der Waals surface area contributed by atoms with Crippen molar-refractivity contribution in [3.05, 3.63) is 51.2 Å². The van der Waals surface area contributed by atoms with Crippen molar-refractivity contribution in [1.29, 1.82) is 0 Å². The van der Waals surface area contributed by atoms with Gasteiger partial charge in [0.2, 0.25) is 0 Å². The van der Waals surface area contributed by atoms with Crippen LogP contribution in [0.4, 0.5) is 15.8 Å². The van der Waals surface area contributed by atoms with Crippen molar-refractivity contribution >= 4 is 53.3 Å². The number of sulfonamides is 1. The Morgan fingerprint density at radius 3 is 2.45 bits per heavy atom. The molecule has 0 amide bonds. The Balaban J connectivity index is 2.43. The molecule has 0 saturated carbocycles. The van der Waals surface area contributed by atoms with E-state index in [1.807, 2.05) is 0 Å². The van der Waals surface area contributed by atoms with E-state index in [0.717, 1.165) is 0 Å². The molecule has 0 bridgehead atoms. The van der Waals surface area contributed by atoms with Crippen molar-refractivity contribution in [2.75, 3.05) is 10.5 Å². The minimum atomic E-state index is -3.93. The van der Waals surface area contributed by atoms with Crippen molar-refractivity contribution in [3.8, 4) is 0 Å². The SMILES string of the molecule is Nc1ccc(Br)c(S(=O)(=O)Nc2ccc(Br)cc2F)c1. The summed E-state index contributed by atoms with van der Waals surface area (Å²) >= 11 is 6.23. The predicted octanol–water partition coefficient (Wildman–Crippen LogP) is 3.73. The predicted molar refractivity (Wildman–Crippen MR) is 83.5 cm³/mol. The van der Waals surface area contributed by atoms with Crippen LogP contribution >= 0.6 is 31.9 Å². The first-order valence-electron chi connectivity index (χ1n) is 5.32. The minimum Gasteiger partial charge on any atom is -0.399 e. The van der Waals surface area contributed by atoms with E-state index in [4.69, 9.17) is 5.73 Å². The van der Waals surface area contributed by atoms with E-state index in [2.05, 4.69) is 36.6 Å². The maximum atomic E-state index is 13.7. The molecule has 0 spiro atoms. The third kappa shape index (κ3) is 3.31. The second-order valence-electron chi connectivity index (χ2n) is 3.92. The monoisotopic (exact) mass is 422 g/mol. The molecule has 3 N–H and O–H groups in total. The highest BCUT2D eigenvalue weighted by atomic mass is 79.9. The third-order valence-corrected chi connectivity index (χ3v) is 5.27. The first kappa shape index (κ1) is 15.3. The van der Waals surface area contributed by atoms with Gasteiger partial charge in [-0.3, -0.25) is 4.72 Å². The summed E-state index contributed by atoms with van der Waals surface area (Å²) in [5.41, 5.74) is 5.73. The Morgan fingerprint density at radius 1 is 1.10 bits per heavy atom. The fourth-order valence-corrected chi connectivity index (χ4v) is 3.90. The fourth-order valence-electron chi connectivity index (χ4n) is 1.50. The van der Waals surface area contributed by atoms with Crippen LogP contribution in [0, 0.1) is 5.82 Å². The van der Waals surface area contributed by atoms with Crippen LogP contribution in [0.5, 0.6) is 0 Å². The summed E-state index contributed by atoms with van der Waals surface area (Å²) in [6.45, 7) is 0. The lowest BCUT2D eigenvalue weighted by Gasteiger charge is -2.11. The molecule has 106 valence electrons. The summed E-state index contributed by atoms with van der Waals surface area (Å²) in [5.74, 6) is -0.678. The van der Waals surface area contributed by atoms with Gasteiger partial charge < -0.3 is 5.73 Å². The molecule has 2 aromatic rings. The summed E-state index contributed by atoms with van der Waals surface area (Å²) in [6.07, 6.45) is 0. The zero-order valence-electron chi connectivity index (χ0n) is 9.90. The van der Waals surface area contributed by atoms with Gasteiger partial charge in [0, 0.05) is 14.6 Å². The molecule has 2 aromatic carbocycles. The molecule has 0 aliphatic carbocycles. The first-order valence-corrected chi connectivity index (χ1v) is 8.39. The maximum Gasteiger partial charge on any atom is 0.263 e. The highest BCUT2D eigenvalue weighted by Crippen LogP contribution is 2.27. The van der Waals surface area contributed by atoms with E-state index in [1.54, 1.807) is 6.07 Å². The molecule has 0 fully saturated rings. The number of nitrogens with two attached hydrogens (primary N) is 1. The van der Waals surface area contributed by atoms with Crippen LogP contribution in [0.1, 0.15) is 0 Å². The lowest BCUT2D eigenvalue weighted by molar-refractivity contribution is 0.598. The molecule has 20 heavy (non-hydrogen) atoms. The lowest BCUT2D eigenvalue weighted by Crippen LogP contribution is -2.14. The van der Waals surface area contributed by atoms with Gasteiger partial charge in [-0.05, 0) is 52.3 Å². The van der Waals surface area contributed by atoms with Gasteiger partial charge in [0.1, 0.15) is 10.7 Å². The summed E-state index contributed by atoms with van der Waals surface area (Å²) in [6, 6.07) is 8.41. The number of benzene rings is 2. The number of nitrogen functional groups attached to an aromatic ring is 1. The molecule has 2 rings (SSSR count). The fraction of sp³-hybridized carbons (Fsp3) is 0. The molecule has 0 radical (unpaired) electrons. The van der Waals surface area contributed by atoms with Crippen molar-refractivity contribution in [2.45, 2.75) is 4.90 Å². The zero-order valence-corrected chi connectivity index (χ0v) is 13.9. The average Bonchev–Trinajstić information content (AvgIpc) is 2.35. The Bertz CT molecular complexity index is 766. The molecular formula is C12H9Br2FN2O2S. The molecule has 0 aromatic heterocycles. The Kier molecular flexibility index (Phi) is 4.36. The summed E-state index contributed by atoms with van der Waals surface area (Å²) in [4.78, 5) is -0.0557. The van der Waals surface area contributed by atoms with Gasteiger partial charge in [0.15, 0.2) is 0 Å². The Labute approximate surface area is 132 Å². The second-order valence-corrected chi connectivity index (χ2v) is 7.34. The van der Waals surface area contributed by atoms with Crippen LogP contribution in [0.25, 0.3) is 0 Å². The van der Waals surface area contributed by atoms with Gasteiger partial charge in [-0.2, -0.15) is 0 Å². The smallest absolute Gasteiger partial charge is 0.263 e. The van der Waals surface area contributed by atoms with E-state index in [9.17, 15) is 12.8 Å². The van der Waals surface area contributed by atoms with Crippen LogP contribution in [-0.2, 0) is 10.0 Å². The van der Waals surface area contributed by atoms with Crippen molar-refractivity contribution in [2.24, 2.45) is 0 Å². The van der Waals surface area contributed by atoms with Crippen LogP contribution in [0.3, 0.4) is 0 Å². The molecule has 0 aliphatic heterocycles. The molecule has 0 aliphatic rings. The number of halogens is 3. The molecule has 0 atom stereocenters. The van der Waals surface area contributed by atoms with Crippen LogP contribution < -0.4 is 10.5 Å². The maximum absolute atomic E-state index is 13.7. The second kappa shape index (κ2) is 5.71. The third-order valence-electron chi connectivity index (χ3n) is 2.42. The molecular weight excluding hydrogens is 415 g/mol. The van der Waals surface area contributed by atoms with E-state index in [-0.39, 0.29) is 10.6 Å². The van der Waals surface area contributed by atoms with Gasteiger partial charge in [-0.15, -0.1) is 0 Å². The number of rotatable bonds is 3. The molecule has 0 unspecified atom stereocenters. The van der Waals surface area contributed by atoms with E-state index >= 15 is 0 Å². The van der Waals surface area contributed by atoms with Gasteiger partial charge in [-0.1, -0.05) is 15.9 Å². The van der Waals surface area contributed by atoms with Crippen molar-refractivity contribution in [3.63, 3.8) is 0 Å². The Morgan fingerprint density at radius 2 is 1.80 bits per heavy atom. The van der Waals surface area contributed by atoms with Gasteiger partial charge in [0.05, 0.1) is 5.69 Å². The van der Waals surface area contributed by atoms with Crippen LogP contribution in [0.15, 0.2) is 50.2 Å². The number of anilines is 2. The van der Waals surface area contributed by atoms with E-state index in [0.29, 0.717) is 14.6 Å². The van der Waals surface area contributed by atoms with Crippen molar-refractivity contribution < 1.29 is 12.8 Å². The first-order chi connectivity index (χ1) is 9.29. The molecule has 0 saturated heterocycles. The molecule has 8 heteroatoms. The van der Waals surface area contributed by atoms with Gasteiger partial charge >= 0.3 is 0 Å². The van der Waals surface area contributed by atoms with Crippen molar-refractivity contribution in [1.82, 2.24) is 0 Å². The number of nitrogens with one attached hydrogen (secondary N) is 1. The average molecular weight is 424 g/mol. The molecule has 0 heterocycles. The van der Waals surface area contributed by atoms with Crippen LogP contribution in [0.2, 0.25) is 0 Å². The number of hydrogen-bond acceptors (Lipinski definition) is 3. The van der Waals surface area contributed by atoms with E-state index < -0.39 is 15.8 Å². The number of hydrogen-bond donors (Lipinski definition) is 2. The lowest BCUT2D eigenvalue weighted by atomic mass is 10.3. The minimum absolute atomic E-state index is 0.0557. The van der Waals surface area contributed by atoms with E-state index in [1.165, 1.54) is 30.3 Å².